The molecule has 0 radical (unpaired) electrons. The molecule has 20 heavy (non-hydrogen) atoms. The Morgan fingerprint density at radius 1 is 1.45 bits per heavy atom. The van der Waals surface area contributed by atoms with Gasteiger partial charge in [-0.05, 0) is 53.0 Å². The van der Waals surface area contributed by atoms with Crippen molar-refractivity contribution in [2.75, 3.05) is 11.9 Å². The van der Waals surface area contributed by atoms with Gasteiger partial charge in [-0.1, -0.05) is 6.07 Å². The fourth-order valence-electron chi connectivity index (χ4n) is 1.76. The van der Waals surface area contributed by atoms with Gasteiger partial charge < -0.3 is 10.6 Å². The zero-order valence-electron chi connectivity index (χ0n) is 11.3. The first-order chi connectivity index (χ1) is 9.65. The molecule has 0 spiro atoms. The minimum atomic E-state index is -0.199. The smallest absolute Gasteiger partial charge is 0.319 e. The van der Waals surface area contributed by atoms with Crippen LogP contribution in [0.15, 0.2) is 41.1 Å². The van der Waals surface area contributed by atoms with E-state index in [1.807, 2.05) is 42.1 Å². The summed E-state index contributed by atoms with van der Waals surface area (Å²) in [5.74, 6) is 0. The minimum Gasteiger partial charge on any atom is -0.338 e. The summed E-state index contributed by atoms with van der Waals surface area (Å²) in [5.41, 5.74) is 1.90. The molecule has 2 rings (SSSR count). The number of hydrogen-bond acceptors (Lipinski definition) is 2. The Balaban J connectivity index is 1.72. The van der Waals surface area contributed by atoms with Crippen molar-refractivity contribution in [3.05, 3.63) is 46.7 Å². The molecule has 1 aromatic heterocycles. The van der Waals surface area contributed by atoms with Crippen LogP contribution >= 0.6 is 15.9 Å². The fourth-order valence-corrected chi connectivity index (χ4v) is 2.36. The molecule has 0 saturated carbocycles. The predicted octanol–water partition coefficient (Wildman–Crippen LogP) is 3.17. The maximum atomic E-state index is 11.7. The van der Waals surface area contributed by atoms with Crippen molar-refractivity contribution < 1.29 is 4.79 Å². The third-order valence-corrected chi connectivity index (χ3v) is 3.44. The van der Waals surface area contributed by atoms with Crippen LogP contribution in [0.25, 0.3) is 0 Å². The first kappa shape index (κ1) is 14.6. The van der Waals surface area contributed by atoms with Gasteiger partial charge in [0.2, 0.25) is 0 Å². The molecule has 5 nitrogen and oxygen atoms in total. The van der Waals surface area contributed by atoms with E-state index in [9.17, 15) is 4.79 Å². The van der Waals surface area contributed by atoms with E-state index in [0.29, 0.717) is 6.54 Å². The Morgan fingerprint density at radius 3 is 3.00 bits per heavy atom. The molecule has 0 aliphatic rings. The molecule has 0 bridgehead atoms. The molecule has 0 unspecified atom stereocenters. The highest BCUT2D eigenvalue weighted by Crippen LogP contribution is 2.23. The van der Waals surface area contributed by atoms with Crippen LogP contribution in [0.5, 0.6) is 0 Å². The topological polar surface area (TPSA) is 59.0 Å². The van der Waals surface area contributed by atoms with Crippen LogP contribution in [-0.2, 0) is 6.54 Å². The number of anilines is 1. The molecular weight excluding hydrogens is 320 g/mol. The molecule has 2 aromatic rings. The standard InChI is InChI=1S/C14H17BrN4O/c1-11-4-5-13(12(15)10-11)18-14(20)16-6-2-8-19-9-3-7-17-19/h3-5,7,9-10H,2,6,8H2,1H3,(H2,16,18,20). The average molecular weight is 337 g/mol. The maximum absolute atomic E-state index is 11.7. The van der Waals surface area contributed by atoms with E-state index in [-0.39, 0.29) is 6.03 Å². The molecular formula is C14H17BrN4O. The maximum Gasteiger partial charge on any atom is 0.319 e. The van der Waals surface area contributed by atoms with Crippen molar-refractivity contribution >= 4 is 27.6 Å². The first-order valence-corrected chi connectivity index (χ1v) is 7.23. The summed E-state index contributed by atoms with van der Waals surface area (Å²) in [4.78, 5) is 11.7. The first-order valence-electron chi connectivity index (χ1n) is 6.43. The van der Waals surface area contributed by atoms with Gasteiger partial charge in [0.05, 0.1) is 5.69 Å². The van der Waals surface area contributed by atoms with Gasteiger partial charge in [-0.3, -0.25) is 4.68 Å². The fraction of sp³-hybridized carbons (Fsp3) is 0.286. The number of aryl methyl sites for hydroxylation is 2. The second-order valence-corrected chi connectivity index (χ2v) is 5.34. The molecule has 2 amide bonds. The normalized spacial score (nSPS) is 10.3. The van der Waals surface area contributed by atoms with Crippen molar-refractivity contribution in [3.63, 3.8) is 0 Å². The number of nitrogens with zero attached hydrogens (tertiary/aromatic N) is 2. The highest BCUT2D eigenvalue weighted by atomic mass is 79.9. The number of carbonyl (C=O) groups excluding carboxylic acids is 1. The molecule has 0 saturated heterocycles. The zero-order chi connectivity index (χ0) is 14.4. The summed E-state index contributed by atoms with van der Waals surface area (Å²) < 4.78 is 2.72. The van der Waals surface area contributed by atoms with Gasteiger partial charge in [0.1, 0.15) is 0 Å². The van der Waals surface area contributed by atoms with Crippen LogP contribution in [0.4, 0.5) is 10.5 Å². The number of aromatic nitrogens is 2. The second kappa shape index (κ2) is 7.09. The van der Waals surface area contributed by atoms with Gasteiger partial charge in [-0.25, -0.2) is 4.79 Å². The van der Waals surface area contributed by atoms with Gasteiger partial charge in [0, 0.05) is 30.0 Å². The van der Waals surface area contributed by atoms with Crippen LogP contribution < -0.4 is 10.6 Å². The number of urea groups is 1. The lowest BCUT2D eigenvalue weighted by Crippen LogP contribution is -2.30. The lowest BCUT2D eigenvalue weighted by Gasteiger charge is -2.09. The number of benzene rings is 1. The molecule has 6 heteroatoms. The number of hydrogen-bond donors (Lipinski definition) is 2. The predicted molar refractivity (Wildman–Crippen MR) is 82.7 cm³/mol. The molecule has 0 fully saturated rings. The van der Waals surface area contributed by atoms with Gasteiger partial charge in [-0.2, -0.15) is 5.10 Å². The number of nitrogens with one attached hydrogen (secondary N) is 2. The number of rotatable bonds is 5. The van der Waals surface area contributed by atoms with Gasteiger partial charge in [-0.15, -0.1) is 0 Å². The van der Waals surface area contributed by atoms with E-state index in [1.165, 1.54) is 0 Å². The van der Waals surface area contributed by atoms with Crippen LogP contribution in [0.1, 0.15) is 12.0 Å². The van der Waals surface area contributed by atoms with Crippen molar-refractivity contribution in [3.8, 4) is 0 Å². The lowest BCUT2D eigenvalue weighted by molar-refractivity contribution is 0.251. The Bertz CT molecular complexity index is 569. The molecule has 2 N–H and O–H groups in total. The minimum absolute atomic E-state index is 0.199. The molecule has 0 atom stereocenters. The highest BCUT2D eigenvalue weighted by Gasteiger charge is 2.04. The van der Waals surface area contributed by atoms with Crippen LogP contribution in [0, 0.1) is 6.92 Å². The quantitative estimate of drug-likeness (QED) is 0.824. The summed E-state index contributed by atoms with van der Waals surface area (Å²) in [6, 6.07) is 7.48. The third kappa shape index (κ3) is 4.38. The van der Waals surface area contributed by atoms with Gasteiger partial charge in [0.15, 0.2) is 0 Å². The molecule has 0 aliphatic carbocycles. The summed E-state index contributed by atoms with van der Waals surface area (Å²) >= 11 is 3.43. The van der Waals surface area contributed by atoms with Crippen LogP contribution in [-0.4, -0.2) is 22.4 Å². The van der Waals surface area contributed by atoms with E-state index in [1.54, 1.807) is 6.20 Å². The monoisotopic (exact) mass is 336 g/mol. The zero-order valence-corrected chi connectivity index (χ0v) is 12.9. The summed E-state index contributed by atoms with van der Waals surface area (Å²) in [6.45, 7) is 3.40. The Morgan fingerprint density at radius 2 is 2.30 bits per heavy atom. The highest BCUT2D eigenvalue weighted by molar-refractivity contribution is 9.10. The third-order valence-electron chi connectivity index (χ3n) is 2.78. The van der Waals surface area contributed by atoms with Crippen molar-refractivity contribution in [1.29, 1.82) is 0 Å². The Labute approximate surface area is 126 Å². The van der Waals surface area contributed by atoms with Crippen molar-refractivity contribution in [1.82, 2.24) is 15.1 Å². The van der Waals surface area contributed by atoms with E-state index in [2.05, 4.69) is 31.7 Å². The van der Waals surface area contributed by atoms with Crippen molar-refractivity contribution in [2.24, 2.45) is 0 Å². The van der Waals surface area contributed by atoms with E-state index in [4.69, 9.17) is 0 Å². The lowest BCUT2D eigenvalue weighted by atomic mass is 10.2. The molecule has 106 valence electrons. The average Bonchev–Trinajstić information content (AvgIpc) is 2.91. The summed E-state index contributed by atoms with van der Waals surface area (Å²) in [6.07, 6.45) is 4.49. The van der Waals surface area contributed by atoms with E-state index in [0.717, 1.165) is 28.7 Å². The Hall–Kier alpha value is -1.82. The van der Waals surface area contributed by atoms with Gasteiger partial charge >= 0.3 is 6.03 Å². The molecule has 1 heterocycles. The van der Waals surface area contributed by atoms with E-state index >= 15 is 0 Å². The van der Waals surface area contributed by atoms with Crippen LogP contribution in [0.2, 0.25) is 0 Å². The number of amides is 2. The SMILES string of the molecule is Cc1ccc(NC(=O)NCCCn2cccn2)c(Br)c1. The van der Waals surface area contributed by atoms with Crippen molar-refractivity contribution in [2.45, 2.75) is 19.9 Å². The second-order valence-electron chi connectivity index (χ2n) is 4.49. The van der Waals surface area contributed by atoms with E-state index < -0.39 is 0 Å². The molecule has 0 aliphatic heterocycles. The Kier molecular flexibility index (Phi) is 5.17. The molecule has 1 aromatic carbocycles. The van der Waals surface area contributed by atoms with Crippen LogP contribution in [0.3, 0.4) is 0 Å². The van der Waals surface area contributed by atoms with Gasteiger partial charge in [0.25, 0.3) is 0 Å². The number of halogens is 1. The summed E-state index contributed by atoms with van der Waals surface area (Å²) in [7, 11) is 0. The summed E-state index contributed by atoms with van der Waals surface area (Å²) in [5, 5.41) is 9.74. The number of carbonyl (C=O) groups is 1. The largest absolute Gasteiger partial charge is 0.338 e.